The third kappa shape index (κ3) is 3.49. The third-order valence-corrected chi connectivity index (χ3v) is 4.64. The van der Waals surface area contributed by atoms with Crippen LogP contribution in [-0.4, -0.2) is 20.1 Å². The van der Waals surface area contributed by atoms with E-state index in [1.165, 1.54) is 6.92 Å². The van der Waals surface area contributed by atoms with E-state index in [0.717, 1.165) is 18.2 Å². The molecule has 0 saturated carbocycles. The molecule has 7 heteroatoms. The Morgan fingerprint density at radius 2 is 1.59 bits per heavy atom. The van der Waals surface area contributed by atoms with Gasteiger partial charge in [0.15, 0.2) is 4.90 Å². The summed E-state index contributed by atoms with van der Waals surface area (Å²) in [6.07, 6.45) is 0. The standard InChI is InChI=1S/C15H15F2NO3S/c1-15(19,11-6-3-2-4-7-11)10-18-22(20,21)14-12(16)8-5-9-13(14)17/h2-9,18-19H,10H2,1H3. The molecule has 0 aliphatic heterocycles. The second kappa shape index (κ2) is 6.12. The fourth-order valence-corrected chi connectivity index (χ4v) is 3.21. The van der Waals surface area contributed by atoms with Gasteiger partial charge in [-0.25, -0.2) is 21.9 Å². The number of aliphatic hydroxyl groups is 1. The van der Waals surface area contributed by atoms with Crippen LogP contribution in [0.25, 0.3) is 0 Å². The highest BCUT2D eigenvalue weighted by molar-refractivity contribution is 7.89. The van der Waals surface area contributed by atoms with E-state index in [2.05, 4.69) is 0 Å². The van der Waals surface area contributed by atoms with Crippen LogP contribution in [-0.2, 0) is 15.6 Å². The van der Waals surface area contributed by atoms with Gasteiger partial charge in [0.05, 0.1) is 0 Å². The predicted octanol–water partition coefficient (Wildman–Crippen LogP) is 2.15. The summed E-state index contributed by atoms with van der Waals surface area (Å²) >= 11 is 0. The van der Waals surface area contributed by atoms with Gasteiger partial charge in [0, 0.05) is 6.54 Å². The molecule has 2 rings (SSSR count). The molecule has 0 aromatic heterocycles. The number of hydrogen-bond acceptors (Lipinski definition) is 3. The van der Waals surface area contributed by atoms with E-state index in [1.807, 2.05) is 4.72 Å². The maximum atomic E-state index is 13.6. The number of sulfonamides is 1. The first-order valence-electron chi connectivity index (χ1n) is 6.45. The van der Waals surface area contributed by atoms with E-state index in [-0.39, 0.29) is 0 Å². The van der Waals surface area contributed by atoms with Crippen molar-refractivity contribution in [1.29, 1.82) is 0 Å². The van der Waals surface area contributed by atoms with Crippen molar-refractivity contribution in [2.24, 2.45) is 0 Å². The minimum atomic E-state index is -4.42. The molecule has 0 aliphatic rings. The van der Waals surface area contributed by atoms with Crippen LogP contribution < -0.4 is 4.72 Å². The molecule has 1 unspecified atom stereocenters. The largest absolute Gasteiger partial charge is 0.384 e. The van der Waals surface area contributed by atoms with Gasteiger partial charge in [-0.1, -0.05) is 36.4 Å². The van der Waals surface area contributed by atoms with Gasteiger partial charge < -0.3 is 5.11 Å². The molecule has 0 radical (unpaired) electrons. The van der Waals surface area contributed by atoms with Gasteiger partial charge >= 0.3 is 0 Å². The zero-order chi connectivity index (χ0) is 16.4. The summed E-state index contributed by atoms with van der Waals surface area (Å²) in [6, 6.07) is 11.2. The number of halogens is 2. The van der Waals surface area contributed by atoms with Gasteiger partial charge in [0.25, 0.3) is 0 Å². The smallest absolute Gasteiger partial charge is 0.246 e. The van der Waals surface area contributed by atoms with E-state index < -0.39 is 38.7 Å². The average molecular weight is 327 g/mol. The lowest BCUT2D eigenvalue weighted by atomic mass is 9.97. The van der Waals surface area contributed by atoms with Crippen molar-refractivity contribution in [2.45, 2.75) is 17.4 Å². The van der Waals surface area contributed by atoms with Crippen molar-refractivity contribution >= 4 is 10.0 Å². The molecule has 118 valence electrons. The van der Waals surface area contributed by atoms with E-state index in [9.17, 15) is 22.3 Å². The van der Waals surface area contributed by atoms with Crippen LogP contribution in [0.3, 0.4) is 0 Å². The maximum Gasteiger partial charge on any atom is 0.246 e. The fourth-order valence-electron chi connectivity index (χ4n) is 1.95. The summed E-state index contributed by atoms with van der Waals surface area (Å²) < 4.78 is 53.3. The second-order valence-corrected chi connectivity index (χ2v) is 6.72. The van der Waals surface area contributed by atoms with Gasteiger partial charge in [0.1, 0.15) is 17.2 Å². The quantitative estimate of drug-likeness (QED) is 0.884. The topological polar surface area (TPSA) is 66.4 Å². The number of hydrogen-bond donors (Lipinski definition) is 2. The Labute approximate surface area is 127 Å². The predicted molar refractivity (Wildman–Crippen MR) is 77.6 cm³/mol. The van der Waals surface area contributed by atoms with Crippen molar-refractivity contribution in [3.63, 3.8) is 0 Å². The first-order valence-corrected chi connectivity index (χ1v) is 7.94. The molecule has 1 atom stereocenters. The summed E-state index contributed by atoms with van der Waals surface area (Å²) in [5, 5.41) is 10.3. The van der Waals surface area contributed by atoms with Gasteiger partial charge in [-0.05, 0) is 24.6 Å². The minimum absolute atomic E-state index is 0.423. The average Bonchev–Trinajstić information content (AvgIpc) is 2.46. The Kier molecular flexibility index (Phi) is 4.60. The van der Waals surface area contributed by atoms with Crippen LogP contribution in [0.15, 0.2) is 53.4 Å². The highest BCUT2D eigenvalue weighted by Crippen LogP contribution is 2.22. The maximum absolute atomic E-state index is 13.6. The first kappa shape index (κ1) is 16.5. The summed E-state index contributed by atoms with van der Waals surface area (Å²) in [6.45, 7) is 0.982. The molecular formula is C15H15F2NO3S. The molecule has 0 bridgehead atoms. The number of nitrogens with one attached hydrogen (secondary N) is 1. The molecule has 0 aliphatic carbocycles. The van der Waals surface area contributed by atoms with Crippen LogP contribution >= 0.6 is 0 Å². The molecule has 22 heavy (non-hydrogen) atoms. The minimum Gasteiger partial charge on any atom is -0.384 e. The molecule has 2 aromatic carbocycles. The molecule has 0 amide bonds. The summed E-state index contributed by atoms with van der Waals surface area (Å²) in [5.74, 6) is -2.38. The van der Waals surface area contributed by atoms with Crippen LogP contribution in [0.2, 0.25) is 0 Å². The fraction of sp³-hybridized carbons (Fsp3) is 0.200. The highest BCUT2D eigenvalue weighted by atomic mass is 32.2. The van der Waals surface area contributed by atoms with Crippen LogP contribution in [0.1, 0.15) is 12.5 Å². The van der Waals surface area contributed by atoms with Crippen molar-refractivity contribution in [3.8, 4) is 0 Å². The van der Waals surface area contributed by atoms with Crippen LogP contribution in [0, 0.1) is 11.6 Å². The van der Waals surface area contributed by atoms with Crippen molar-refractivity contribution in [3.05, 3.63) is 65.7 Å². The molecule has 0 saturated heterocycles. The number of benzene rings is 2. The van der Waals surface area contributed by atoms with Gasteiger partial charge in [-0.3, -0.25) is 0 Å². The van der Waals surface area contributed by atoms with E-state index >= 15 is 0 Å². The Morgan fingerprint density at radius 3 is 2.14 bits per heavy atom. The van der Waals surface area contributed by atoms with Gasteiger partial charge in [-0.15, -0.1) is 0 Å². The normalized spacial score (nSPS) is 14.5. The van der Waals surface area contributed by atoms with Crippen LogP contribution in [0.5, 0.6) is 0 Å². The Balaban J connectivity index is 2.24. The van der Waals surface area contributed by atoms with Crippen molar-refractivity contribution in [2.75, 3.05) is 6.54 Å². The van der Waals surface area contributed by atoms with E-state index in [1.54, 1.807) is 30.3 Å². The Morgan fingerprint density at radius 1 is 1.05 bits per heavy atom. The molecule has 2 N–H and O–H groups in total. The zero-order valence-corrected chi connectivity index (χ0v) is 12.6. The lowest BCUT2D eigenvalue weighted by Gasteiger charge is -2.24. The first-order chi connectivity index (χ1) is 10.2. The molecule has 4 nitrogen and oxygen atoms in total. The lowest BCUT2D eigenvalue weighted by molar-refractivity contribution is 0.0627. The third-order valence-electron chi connectivity index (χ3n) is 3.19. The summed E-state index contributed by atoms with van der Waals surface area (Å²) in [5.41, 5.74) is -1.04. The summed E-state index contributed by atoms with van der Waals surface area (Å²) in [4.78, 5) is -1.06. The second-order valence-electron chi connectivity index (χ2n) is 5.02. The highest BCUT2D eigenvalue weighted by Gasteiger charge is 2.29. The monoisotopic (exact) mass is 327 g/mol. The number of rotatable bonds is 5. The molecular weight excluding hydrogens is 312 g/mol. The molecule has 2 aromatic rings. The SMILES string of the molecule is CC(O)(CNS(=O)(=O)c1c(F)cccc1F)c1ccccc1. The van der Waals surface area contributed by atoms with E-state index in [4.69, 9.17) is 0 Å². The Bertz CT molecular complexity index is 741. The molecule has 0 heterocycles. The Hall–Kier alpha value is -1.83. The molecule has 0 fully saturated rings. The van der Waals surface area contributed by atoms with Gasteiger partial charge in [-0.2, -0.15) is 0 Å². The summed E-state index contributed by atoms with van der Waals surface area (Å²) in [7, 11) is -4.42. The van der Waals surface area contributed by atoms with Crippen molar-refractivity contribution in [1.82, 2.24) is 4.72 Å². The zero-order valence-electron chi connectivity index (χ0n) is 11.8. The van der Waals surface area contributed by atoms with Crippen LogP contribution in [0.4, 0.5) is 8.78 Å². The van der Waals surface area contributed by atoms with Gasteiger partial charge in [0.2, 0.25) is 10.0 Å². The lowest BCUT2D eigenvalue weighted by Crippen LogP contribution is -2.39. The van der Waals surface area contributed by atoms with E-state index in [0.29, 0.717) is 5.56 Å². The van der Waals surface area contributed by atoms with Crippen molar-refractivity contribution < 1.29 is 22.3 Å². The molecule has 0 spiro atoms.